The van der Waals surface area contributed by atoms with Gasteiger partial charge in [-0.3, -0.25) is 9.59 Å². The van der Waals surface area contributed by atoms with E-state index in [1.165, 1.54) is 18.7 Å². The Morgan fingerprint density at radius 3 is 3.06 bits per heavy atom. The van der Waals surface area contributed by atoms with Gasteiger partial charge in [0.25, 0.3) is 0 Å². The van der Waals surface area contributed by atoms with E-state index >= 15 is 0 Å². The second-order valence-electron chi connectivity index (χ2n) is 4.11. The molecule has 1 atom stereocenters. The van der Waals surface area contributed by atoms with Gasteiger partial charge in [0.05, 0.1) is 11.4 Å². The molecule has 17 heavy (non-hydrogen) atoms. The Balaban J connectivity index is 2.23. The van der Waals surface area contributed by atoms with Crippen LogP contribution in [-0.2, 0) is 9.59 Å². The molecular weight excluding hydrogens is 236 g/mol. The van der Waals surface area contributed by atoms with Crippen LogP contribution in [0.2, 0.25) is 0 Å². The van der Waals surface area contributed by atoms with Gasteiger partial charge in [-0.05, 0) is 24.6 Å². The molecule has 1 aromatic carbocycles. The van der Waals surface area contributed by atoms with Crippen molar-refractivity contribution in [3.8, 4) is 0 Å². The summed E-state index contributed by atoms with van der Waals surface area (Å²) in [7, 11) is 0. The summed E-state index contributed by atoms with van der Waals surface area (Å²) in [6.45, 7) is 1.52. The van der Waals surface area contributed by atoms with E-state index in [-0.39, 0.29) is 17.7 Å². The molecule has 0 radical (unpaired) electrons. The van der Waals surface area contributed by atoms with Gasteiger partial charge in [-0.1, -0.05) is 6.07 Å². The van der Waals surface area contributed by atoms with Crippen LogP contribution in [0.4, 0.5) is 5.69 Å². The number of rotatable bonds is 3. The molecule has 1 aromatic rings. The van der Waals surface area contributed by atoms with E-state index in [0.717, 1.165) is 16.1 Å². The Labute approximate surface area is 104 Å². The molecule has 1 heterocycles. The summed E-state index contributed by atoms with van der Waals surface area (Å²) in [6, 6.07) is 5.40. The zero-order chi connectivity index (χ0) is 12.4. The number of benzene rings is 1. The van der Waals surface area contributed by atoms with Crippen molar-refractivity contribution in [1.29, 1.82) is 0 Å². The number of hydrogen-bond acceptors (Lipinski definition) is 4. The Morgan fingerprint density at radius 1 is 1.59 bits per heavy atom. The molecule has 1 aliphatic heterocycles. The Hall–Kier alpha value is -1.33. The fraction of sp³-hybridized carbons (Fsp3) is 0.333. The lowest BCUT2D eigenvalue weighted by Crippen LogP contribution is -2.20. The number of carbonyl (C=O) groups is 2. The highest BCUT2D eigenvalue weighted by molar-refractivity contribution is 8.00. The summed E-state index contributed by atoms with van der Waals surface area (Å²) >= 11 is 1.51. The van der Waals surface area contributed by atoms with Crippen LogP contribution in [0.25, 0.3) is 0 Å². The number of Topliss-reactive ketones (excluding diaryl/α,β-unsaturated/α-hetero) is 1. The number of nitrogens with one attached hydrogen (secondary N) is 1. The first-order valence-corrected chi connectivity index (χ1v) is 6.36. The highest BCUT2D eigenvalue weighted by Gasteiger charge is 2.17. The monoisotopic (exact) mass is 250 g/mol. The number of ketones is 1. The molecule has 2 rings (SSSR count). The van der Waals surface area contributed by atoms with E-state index < -0.39 is 0 Å². The van der Waals surface area contributed by atoms with Crippen LogP contribution in [-0.4, -0.2) is 17.4 Å². The first kappa shape index (κ1) is 12.1. The van der Waals surface area contributed by atoms with E-state index in [1.807, 2.05) is 18.2 Å². The first-order valence-electron chi connectivity index (χ1n) is 5.38. The minimum absolute atomic E-state index is 0.000195. The molecule has 0 fully saturated rings. The summed E-state index contributed by atoms with van der Waals surface area (Å²) < 4.78 is 0. The third kappa shape index (κ3) is 2.87. The lowest BCUT2D eigenvalue weighted by atomic mass is 10.0. The van der Waals surface area contributed by atoms with Gasteiger partial charge in [0.1, 0.15) is 5.78 Å². The summed E-state index contributed by atoms with van der Waals surface area (Å²) in [5, 5.41) is 2.81. The molecule has 4 nitrogen and oxygen atoms in total. The summed E-state index contributed by atoms with van der Waals surface area (Å²) in [5.41, 5.74) is 7.59. The quantitative estimate of drug-likeness (QED) is 0.856. The predicted octanol–water partition coefficient (Wildman–Crippen LogP) is 1.71. The molecule has 3 N–H and O–H groups in total. The Bertz CT molecular complexity index is 474. The van der Waals surface area contributed by atoms with Gasteiger partial charge in [-0.25, -0.2) is 0 Å². The second-order valence-corrected chi connectivity index (χ2v) is 5.12. The van der Waals surface area contributed by atoms with Crippen molar-refractivity contribution in [2.75, 3.05) is 11.1 Å². The van der Waals surface area contributed by atoms with Crippen molar-refractivity contribution in [1.82, 2.24) is 0 Å². The number of anilines is 1. The normalized spacial score (nSPS) is 16.0. The van der Waals surface area contributed by atoms with Crippen molar-refractivity contribution in [3.05, 3.63) is 23.8 Å². The molecule has 0 aromatic heterocycles. The van der Waals surface area contributed by atoms with Crippen LogP contribution >= 0.6 is 11.8 Å². The molecule has 0 spiro atoms. The third-order valence-electron chi connectivity index (χ3n) is 2.57. The summed E-state index contributed by atoms with van der Waals surface area (Å²) in [6.07, 6.45) is 0.319. The maximum Gasteiger partial charge on any atom is 0.234 e. The Morgan fingerprint density at radius 2 is 2.35 bits per heavy atom. The molecule has 0 saturated carbocycles. The van der Waals surface area contributed by atoms with Crippen molar-refractivity contribution >= 4 is 29.1 Å². The molecule has 1 unspecified atom stereocenters. The molecule has 1 aliphatic rings. The van der Waals surface area contributed by atoms with E-state index in [9.17, 15) is 9.59 Å². The van der Waals surface area contributed by atoms with Crippen LogP contribution < -0.4 is 11.1 Å². The number of carbonyl (C=O) groups excluding carboxylic acids is 2. The molecule has 1 amide bonds. The third-order valence-corrected chi connectivity index (χ3v) is 3.65. The van der Waals surface area contributed by atoms with Crippen LogP contribution in [0.1, 0.15) is 24.9 Å². The molecule has 90 valence electrons. The minimum atomic E-state index is -0.304. The summed E-state index contributed by atoms with van der Waals surface area (Å²) in [5.74, 6) is 0.514. The highest BCUT2D eigenvalue weighted by atomic mass is 32.2. The largest absolute Gasteiger partial charge is 0.324 e. The lowest BCUT2D eigenvalue weighted by Gasteiger charge is -2.19. The molecule has 0 bridgehead atoms. The van der Waals surface area contributed by atoms with Gasteiger partial charge < -0.3 is 11.1 Å². The summed E-state index contributed by atoms with van der Waals surface area (Å²) in [4.78, 5) is 23.3. The standard InChI is InChI=1S/C12H14N2O2S/c1-7(15)4-9(13)8-2-3-11-10(5-8)14-12(16)6-17-11/h2-3,5,9H,4,6,13H2,1H3,(H,14,16). The van der Waals surface area contributed by atoms with Crippen molar-refractivity contribution in [2.24, 2.45) is 5.73 Å². The highest BCUT2D eigenvalue weighted by Crippen LogP contribution is 2.33. The SMILES string of the molecule is CC(=O)CC(N)c1ccc2c(c1)NC(=O)CS2. The smallest absolute Gasteiger partial charge is 0.234 e. The molecular formula is C12H14N2O2S. The average Bonchev–Trinajstić information content (AvgIpc) is 2.27. The predicted molar refractivity (Wildman–Crippen MR) is 68.0 cm³/mol. The van der Waals surface area contributed by atoms with Gasteiger partial charge >= 0.3 is 0 Å². The number of thioether (sulfide) groups is 1. The number of nitrogens with two attached hydrogens (primary N) is 1. The van der Waals surface area contributed by atoms with Gasteiger partial charge in [0, 0.05) is 17.4 Å². The van der Waals surface area contributed by atoms with E-state index in [0.29, 0.717) is 12.2 Å². The van der Waals surface area contributed by atoms with Crippen molar-refractivity contribution in [3.63, 3.8) is 0 Å². The van der Waals surface area contributed by atoms with E-state index in [2.05, 4.69) is 5.32 Å². The fourth-order valence-electron chi connectivity index (χ4n) is 1.76. The maximum atomic E-state index is 11.3. The van der Waals surface area contributed by atoms with E-state index in [1.54, 1.807) is 0 Å². The Kier molecular flexibility index (Phi) is 3.49. The van der Waals surface area contributed by atoms with Crippen molar-refractivity contribution < 1.29 is 9.59 Å². The van der Waals surface area contributed by atoms with Gasteiger partial charge in [0.2, 0.25) is 5.91 Å². The van der Waals surface area contributed by atoms with E-state index in [4.69, 9.17) is 5.73 Å². The van der Waals surface area contributed by atoms with Crippen LogP contribution in [0.15, 0.2) is 23.1 Å². The van der Waals surface area contributed by atoms with Crippen LogP contribution in [0.3, 0.4) is 0 Å². The lowest BCUT2D eigenvalue weighted by molar-refractivity contribution is -0.117. The fourth-order valence-corrected chi connectivity index (χ4v) is 2.55. The average molecular weight is 250 g/mol. The molecule has 0 aliphatic carbocycles. The molecule has 0 saturated heterocycles. The minimum Gasteiger partial charge on any atom is -0.324 e. The van der Waals surface area contributed by atoms with Gasteiger partial charge in [-0.15, -0.1) is 11.8 Å². The zero-order valence-electron chi connectivity index (χ0n) is 9.53. The molecule has 5 heteroatoms. The van der Waals surface area contributed by atoms with Crippen LogP contribution in [0, 0.1) is 0 Å². The number of amides is 1. The first-order chi connectivity index (χ1) is 8.06. The van der Waals surface area contributed by atoms with Gasteiger partial charge in [-0.2, -0.15) is 0 Å². The number of hydrogen-bond donors (Lipinski definition) is 2. The number of fused-ring (bicyclic) bond motifs is 1. The zero-order valence-corrected chi connectivity index (χ0v) is 10.3. The van der Waals surface area contributed by atoms with Crippen LogP contribution in [0.5, 0.6) is 0 Å². The second kappa shape index (κ2) is 4.89. The topological polar surface area (TPSA) is 72.2 Å². The van der Waals surface area contributed by atoms with Crippen molar-refractivity contribution in [2.45, 2.75) is 24.3 Å². The maximum absolute atomic E-state index is 11.3. The van der Waals surface area contributed by atoms with Gasteiger partial charge in [0.15, 0.2) is 0 Å².